The van der Waals surface area contributed by atoms with Crippen LogP contribution in [0.1, 0.15) is 19.3 Å². The Balaban J connectivity index is 3.60. The Morgan fingerprint density at radius 1 is 1.50 bits per heavy atom. The number of alkyl halides is 4. The van der Waals surface area contributed by atoms with Crippen molar-refractivity contribution in [1.82, 2.24) is 0 Å². The Labute approximate surface area is 94.3 Å². The summed E-state index contributed by atoms with van der Waals surface area (Å²) in [4.78, 5) is 10.1. The monoisotopic (exact) mass is 296 g/mol. The number of carboxylic acids is 1. The van der Waals surface area contributed by atoms with Gasteiger partial charge in [-0.3, -0.25) is 4.79 Å². The number of carbonyl (C=O) groups is 1. The molecule has 0 heterocycles. The fourth-order valence-electron chi connectivity index (χ4n) is 0.633. The minimum Gasteiger partial charge on any atom is -0.481 e. The van der Waals surface area contributed by atoms with Gasteiger partial charge in [0.1, 0.15) is 0 Å². The molecule has 6 heteroatoms. The van der Waals surface area contributed by atoms with Crippen molar-refractivity contribution in [2.24, 2.45) is 0 Å². The lowest BCUT2D eigenvalue weighted by atomic mass is 10.2. The molecule has 1 unspecified atom stereocenters. The Morgan fingerprint density at radius 3 is 2.33 bits per heavy atom. The van der Waals surface area contributed by atoms with E-state index in [9.17, 15) is 4.79 Å². The van der Waals surface area contributed by atoms with Gasteiger partial charge in [-0.1, -0.05) is 50.7 Å². The van der Waals surface area contributed by atoms with E-state index in [0.29, 0.717) is 12.8 Å². The third-order valence-corrected chi connectivity index (χ3v) is 2.37. The first-order valence-electron chi connectivity index (χ1n) is 3.24. The number of carboxylic acid groups (broad SMARTS) is 1. The zero-order chi connectivity index (χ0) is 9.78. The lowest BCUT2D eigenvalue weighted by Crippen LogP contribution is -2.12. The van der Waals surface area contributed by atoms with Gasteiger partial charge >= 0.3 is 5.97 Å². The van der Waals surface area contributed by atoms with Crippen LogP contribution in [-0.4, -0.2) is 19.7 Å². The van der Waals surface area contributed by atoms with Crippen LogP contribution >= 0.6 is 50.7 Å². The number of halogens is 4. The number of rotatable bonds is 4. The third kappa shape index (κ3) is 8.91. The molecule has 0 aromatic carbocycles. The maximum absolute atomic E-state index is 10.1. The van der Waals surface area contributed by atoms with Gasteiger partial charge in [0.2, 0.25) is 0 Å². The predicted molar refractivity (Wildman–Crippen MR) is 54.5 cm³/mol. The summed E-state index contributed by atoms with van der Waals surface area (Å²) in [5.41, 5.74) is 0. The molecule has 2 nitrogen and oxygen atoms in total. The van der Waals surface area contributed by atoms with E-state index in [1.54, 1.807) is 0 Å². The highest BCUT2D eigenvalue weighted by Gasteiger charge is 2.24. The first-order valence-corrected chi connectivity index (χ1v) is 5.29. The van der Waals surface area contributed by atoms with E-state index in [1.165, 1.54) is 0 Å². The third-order valence-electron chi connectivity index (χ3n) is 1.12. The van der Waals surface area contributed by atoms with Crippen LogP contribution in [0.4, 0.5) is 0 Å². The van der Waals surface area contributed by atoms with Gasteiger partial charge in [-0.2, -0.15) is 0 Å². The van der Waals surface area contributed by atoms with Crippen LogP contribution in [0.2, 0.25) is 0 Å². The lowest BCUT2D eigenvalue weighted by molar-refractivity contribution is -0.137. The second kappa shape index (κ2) is 5.53. The molecule has 0 fully saturated rings. The van der Waals surface area contributed by atoms with Crippen molar-refractivity contribution in [3.05, 3.63) is 0 Å². The SMILES string of the molecule is O=C(O)CCC(Br)CC(Cl)(Cl)Cl. The molecule has 0 aliphatic heterocycles. The summed E-state index contributed by atoms with van der Waals surface area (Å²) < 4.78 is -1.31. The average Bonchev–Trinajstić information content (AvgIpc) is 1.79. The van der Waals surface area contributed by atoms with E-state index < -0.39 is 9.76 Å². The molecule has 0 saturated carbocycles. The lowest BCUT2D eigenvalue weighted by Gasteiger charge is -2.14. The van der Waals surface area contributed by atoms with Crippen molar-refractivity contribution in [2.45, 2.75) is 27.9 Å². The highest BCUT2D eigenvalue weighted by molar-refractivity contribution is 9.09. The van der Waals surface area contributed by atoms with Gasteiger partial charge in [-0.25, -0.2) is 0 Å². The summed E-state index contributed by atoms with van der Waals surface area (Å²) in [5, 5.41) is 8.34. The first-order chi connectivity index (χ1) is 5.31. The minimum absolute atomic E-state index is 0.0684. The topological polar surface area (TPSA) is 37.3 Å². The van der Waals surface area contributed by atoms with Crippen molar-refractivity contribution < 1.29 is 9.90 Å². The Morgan fingerprint density at radius 2 is 2.00 bits per heavy atom. The van der Waals surface area contributed by atoms with Crippen molar-refractivity contribution >= 4 is 56.7 Å². The van der Waals surface area contributed by atoms with Crippen molar-refractivity contribution in [1.29, 1.82) is 0 Å². The molecule has 0 saturated heterocycles. The van der Waals surface area contributed by atoms with E-state index in [4.69, 9.17) is 39.9 Å². The van der Waals surface area contributed by atoms with Gasteiger partial charge in [0.05, 0.1) is 0 Å². The molecule has 72 valence electrons. The number of hydrogen-bond acceptors (Lipinski definition) is 1. The average molecular weight is 298 g/mol. The fourth-order valence-corrected chi connectivity index (χ4v) is 2.47. The smallest absolute Gasteiger partial charge is 0.303 e. The standard InChI is InChI=1S/C6H8BrCl3O2/c7-4(1-2-5(11)12)3-6(8,9)10/h4H,1-3H2,(H,11,12). The van der Waals surface area contributed by atoms with Gasteiger partial charge in [-0.15, -0.1) is 0 Å². The number of hydrogen-bond donors (Lipinski definition) is 1. The first kappa shape index (κ1) is 12.8. The summed E-state index contributed by atoms with van der Waals surface area (Å²) in [7, 11) is 0. The molecule has 1 N–H and O–H groups in total. The molecule has 0 amide bonds. The molecule has 0 spiro atoms. The predicted octanol–water partition coefficient (Wildman–Crippen LogP) is 3.38. The van der Waals surface area contributed by atoms with Crippen molar-refractivity contribution in [2.75, 3.05) is 0 Å². The van der Waals surface area contributed by atoms with Gasteiger partial charge in [-0.05, 0) is 6.42 Å². The minimum atomic E-state index is -1.31. The molecule has 0 aliphatic carbocycles. The molecule has 0 bridgehead atoms. The summed E-state index contributed by atoms with van der Waals surface area (Å²) in [6.45, 7) is 0. The van der Waals surface area contributed by atoms with Crippen LogP contribution in [0.15, 0.2) is 0 Å². The van der Waals surface area contributed by atoms with Crippen LogP contribution in [0.3, 0.4) is 0 Å². The number of aliphatic carboxylic acids is 1. The second-order valence-electron chi connectivity index (χ2n) is 2.35. The van der Waals surface area contributed by atoms with Crippen LogP contribution < -0.4 is 0 Å². The van der Waals surface area contributed by atoms with E-state index >= 15 is 0 Å². The van der Waals surface area contributed by atoms with Gasteiger partial charge in [0.15, 0.2) is 3.79 Å². The summed E-state index contributed by atoms with van der Waals surface area (Å²) in [5.74, 6) is -0.844. The normalized spacial score (nSPS) is 14.3. The molecular formula is C6H8BrCl3O2. The maximum Gasteiger partial charge on any atom is 0.303 e. The molecule has 12 heavy (non-hydrogen) atoms. The molecular weight excluding hydrogens is 290 g/mol. The van der Waals surface area contributed by atoms with Crippen molar-refractivity contribution in [3.8, 4) is 0 Å². The van der Waals surface area contributed by atoms with E-state index in [2.05, 4.69) is 15.9 Å². The van der Waals surface area contributed by atoms with E-state index in [1.807, 2.05) is 0 Å². The van der Waals surface area contributed by atoms with Crippen molar-refractivity contribution in [3.63, 3.8) is 0 Å². The maximum atomic E-state index is 10.1. The van der Waals surface area contributed by atoms with E-state index in [-0.39, 0.29) is 11.2 Å². The van der Waals surface area contributed by atoms with Crippen LogP contribution in [0.5, 0.6) is 0 Å². The second-order valence-corrected chi connectivity index (χ2v) is 6.16. The molecule has 0 aromatic rings. The zero-order valence-corrected chi connectivity index (χ0v) is 9.92. The van der Waals surface area contributed by atoms with Gasteiger partial charge < -0.3 is 5.11 Å². The zero-order valence-electron chi connectivity index (χ0n) is 6.07. The van der Waals surface area contributed by atoms with Crippen LogP contribution in [0, 0.1) is 0 Å². The van der Waals surface area contributed by atoms with Gasteiger partial charge in [0.25, 0.3) is 0 Å². The highest BCUT2D eigenvalue weighted by atomic mass is 79.9. The largest absolute Gasteiger partial charge is 0.481 e. The van der Waals surface area contributed by atoms with E-state index in [0.717, 1.165) is 0 Å². The molecule has 1 atom stereocenters. The Bertz CT molecular complexity index is 157. The quantitative estimate of drug-likeness (QED) is 0.808. The molecule has 0 aliphatic rings. The van der Waals surface area contributed by atoms with Gasteiger partial charge in [0, 0.05) is 17.7 Å². The molecule has 0 aromatic heterocycles. The summed E-state index contributed by atoms with van der Waals surface area (Å²) in [6.07, 6.45) is 0.852. The van der Waals surface area contributed by atoms with Crippen LogP contribution in [0.25, 0.3) is 0 Å². The summed E-state index contributed by atoms with van der Waals surface area (Å²) >= 11 is 19.7. The van der Waals surface area contributed by atoms with Crippen LogP contribution in [-0.2, 0) is 4.79 Å². The molecule has 0 rings (SSSR count). The molecule has 0 radical (unpaired) electrons. The Kier molecular flexibility index (Phi) is 5.91. The Hall–Kier alpha value is 0.820. The highest BCUT2D eigenvalue weighted by Crippen LogP contribution is 2.34. The summed E-state index contributed by atoms with van der Waals surface area (Å²) in [6, 6.07) is 0. The fraction of sp³-hybridized carbons (Fsp3) is 0.833.